The maximum absolute atomic E-state index is 11.8. The van der Waals surface area contributed by atoms with Crippen LogP contribution < -0.4 is 0 Å². The van der Waals surface area contributed by atoms with E-state index in [1.807, 2.05) is 60.7 Å². The predicted octanol–water partition coefficient (Wildman–Crippen LogP) is 5.33. The highest BCUT2D eigenvalue weighted by molar-refractivity contribution is 6.17. The number of hydrogen-bond donors (Lipinski definition) is 0. The van der Waals surface area contributed by atoms with Gasteiger partial charge in [0, 0.05) is 17.0 Å². The zero-order valence-electron chi connectivity index (χ0n) is 11.9. The van der Waals surface area contributed by atoms with Gasteiger partial charge in [-0.1, -0.05) is 80.4 Å². The number of halogens is 1. The van der Waals surface area contributed by atoms with Crippen LogP contribution in [0.25, 0.3) is 0 Å². The Morgan fingerprint density at radius 3 is 1.60 bits per heavy atom. The number of carbonyl (C=O) groups is 1. The fraction of sp³-hybridized carbons (Fsp3) is 0.278. The van der Waals surface area contributed by atoms with Crippen molar-refractivity contribution in [3.05, 3.63) is 71.8 Å². The molecule has 0 saturated carbocycles. The number of unbranched alkanes of at least 4 members (excludes halogenated alkanes) is 2. The molecular weight excluding hydrogens is 268 g/mol. The molecule has 20 heavy (non-hydrogen) atoms. The van der Waals surface area contributed by atoms with E-state index >= 15 is 0 Å². The highest BCUT2D eigenvalue weighted by atomic mass is 35.5. The van der Waals surface area contributed by atoms with E-state index in [4.69, 9.17) is 11.6 Å². The molecule has 0 saturated heterocycles. The van der Waals surface area contributed by atoms with Crippen molar-refractivity contribution in [3.63, 3.8) is 0 Å². The summed E-state index contributed by atoms with van der Waals surface area (Å²) in [6.45, 7) is 2.17. The Labute approximate surface area is 126 Å². The number of rotatable bonds is 5. The van der Waals surface area contributed by atoms with Gasteiger partial charge in [0.15, 0.2) is 5.78 Å². The van der Waals surface area contributed by atoms with Crippen molar-refractivity contribution >= 4 is 17.4 Å². The van der Waals surface area contributed by atoms with E-state index in [0.717, 1.165) is 17.0 Å². The average molecular weight is 289 g/mol. The Kier molecular flexibility index (Phi) is 8.41. The summed E-state index contributed by atoms with van der Waals surface area (Å²) in [6, 6.07) is 18.6. The molecular formula is C18H21ClO. The maximum Gasteiger partial charge on any atom is 0.193 e. The molecule has 2 heteroatoms. The Morgan fingerprint density at radius 1 is 0.850 bits per heavy atom. The molecule has 0 atom stereocenters. The van der Waals surface area contributed by atoms with Crippen LogP contribution in [0.5, 0.6) is 0 Å². The molecule has 0 unspecified atom stereocenters. The summed E-state index contributed by atoms with van der Waals surface area (Å²) in [5.41, 5.74) is 1.47. The van der Waals surface area contributed by atoms with Crippen LogP contribution in [0.1, 0.15) is 42.1 Å². The standard InChI is InChI=1S/C13H10O.C5H11Cl/c14-13(11-7-3-1-4-8-11)12-9-5-2-6-10-12;1-2-3-4-5-6/h1-10H;2-5H2,1H3. The molecule has 0 amide bonds. The van der Waals surface area contributed by atoms with Crippen LogP contribution in [-0.2, 0) is 0 Å². The molecule has 2 rings (SSSR count). The third-order valence-electron chi connectivity index (χ3n) is 2.81. The smallest absolute Gasteiger partial charge is 0.193 e. The monoisotopic (exact) mass is 288 g/mol. The second kappa shape index (κ2) is 10.2. The lowest BCUT2D eigenvalue weighted by molar-refractivity contribution is 0.103. The minimum atomic E-state index is 0.0752. The van der Waals surface area contributed by atoms with Crippen LogP contribution in [0.15, 0.2) is 60.7 Å². The van der Waals surface area contributed by atoms with E-state index in [9.17, 15) is 4.79 Å². The molecule has 0 aliphatic rings. The van der Waals surface area contributed by atoms with E-state index in [-0.39, 0.29) is 5.78 Å². The van der Waals surface area contributed by atoms with Gasteiger partial charge in [0.2, 0.25) is 0 Å². The molecule has 0 aromatic heterocycles. The molecule has 2 aromatic carbocycles. The number of hydrogen-bond acceptors (Lipinski definition) is 1. The van der Waals surface area contributed by atoms with Gasteiger partial charge in [-0.3, -0.25) is 4.79 Å². The van der Waals surface area contributed by atoms with Gasteiger partial charge in [-0.25, -0.2) is 0 Å². The van der Waals surface area contributed by atoms with Crippen LogP contribution in [0.4, 0.5) is 0 Å². The van der Waals surface area contributed by atoms with E-state index in [0.29, 0.717) is 0 Å². The van der Waals surface area contributed by atoms with Crippen molar-refractivity contribution in [2.75, 3.05) is 5.88 Å². The molecule has 0 fully saturated rings. The summed E-state index contributed by atoms with van der Waals surface area (Å²) < 4.78 is 0. The predicted molar refractivity (Wildman–Crippen MR) is 86.6 cm³/mol. The summed E-state index contributed by atoms with van der Waals surface area (Å²) in [5, 5.41) is 0. The second-order valence-electron chi connectivity index (χ2n) is 4.46. The number of carbonyl (C=O) groups excluding carboxylic acids is 1. The zero-order valence-corrected chi connectivity index (χ0v) is 12.6. The van der Waals surface area contributed by atoms with E-state index in [2.05, 4.69) is 6.92 Å². The zero-order chi connectivity index (χ0) is 14.6. The highest BCUT2D eigenvalue weighted by Gasteiger charge is 2.06. The molecule has 0 heterocycles. The minimum absolute atomic E-state index is 0.0752. The molecule has 1 nitrogen and oxygen atoms in total. The summed E-state index contributed by atoms with van der Waals surface area (Å²) in [5.74, 6) is 0.902. The molecule has 0 N–H and O–H groups in total. The first-order chi connectivity index (χ1) is 9.79. The Morgan fingerprint density at radius 2 is 1.30 bits per heavy atom. The topological polar surface area (TPSA) is 17.1 Å². The quantitative estimate of drug-likeness (QED) is 0.413. The largest absolute Gasteiger partial charge is 0.289 e. The molecule has 0 spiro atoms. The van der Waals surface area contributed by atoms with Crippen LogP contribution in [0.3, 0.4) is 0 Å². The normalized spacial score (nSPS) is 9.50. The number of alkyl halides is 1. The number of ketones is 1. The minimum Gasteiger partial charge on any atom is -0.289 e. The van der Waals surface area contributed by atoms with Gasteiger partial charge < -0.3 is 0 Å². The lowest BCUT2D eigenvalue weighted by Gasteiger charge is -1.99. The Balaban J connectivity index is 0.000000286. The third kappa shape index (κ3) is 6.03. The van der Waals surface area contributed by atoms with Crippen molar-refractivity contribution in [2.24, 2.45) is 0 Å². The van der Waals surface area contributed by atoms with Crippen LogP contribution in [0.2, 0.25) is 0 Å². The van der Waals surface area contributed by atoms with Gasteiger partial charge in [-0.15, -0.1) is 11.6 Å². The summed E-state index contributed by atoms with van der Waals surface area (Å²) in [6.07, 6.45) is 3.73. The van der Waals surface area contributed by atoms with Gasteiger partial charge in [-0.2, -0.15) is 0 Å². The van der Waals surface area contributed by atoms with E-state index in [1.165, 1.54) is 19.3 Å². The molecule has 0 bridgehead atoms. The molecule has 2 aromatic rings. The molecule has 0 aliphatic carbocycles. The van der Waals surface area contributed by atoms with Gasteiger partial charge in [0.05, 0.1) is 0 Å². The molecule has 0 radical (unpaired) electrons. The first-order valence-electron chi connectivity index (χ1n) is 7.00. The Hall–Kier alpha value is -1.60. The van der Waals surface area contributed by atoms with Crippen LogP contribution >= 0.6 is 11.6 Å². The third-order valence-corrected chi connectivity index (χ3v) is 3.08. The van der Waals surface area contributed by atoms with Crippen LogP contribution in [-0.4, -0.2) is 11.7 Å². The first-order valence-corrected chi connectivity index (χ1v) is 7.53. The van der Waals surface area contributed by atoms with Crippen molar-refractivity contribution in [1.82, 2.24) is 0 Å². The van der Waals surface area contributed by atoms with Crippen molar-refractivity contribution in [2.45, 2.75) is 26.2 Å². The van der Waals surface area contributed by atoms with Crippen molar-refractivity contribution < 1.29 is 4.79 Å². The van der Waals surface area contributed by atoms with Crippen LogP contribution in [0, 0.1) is 0 Å². The fourth-order valence-electron chi connectivity index (χ4n) is 1.69. The van der Waals surface area contributed by atoms with E-state index < -0.39 is 0 Å². The Bertz CT molecular complexity index is 434. The summed E-state index contributed by atoms with van der Waals surface area (Å²) in [7, 11) is 0. The average Bonchev–Trinajstić information content (AvgIpc) is 2.54. The van der Waals surface area contributed by atoms with Gasteiger partial charge in [0.25, 0.3) is 0 Å². The first kappa shape index (κ1) is 16.5. The van der Waals surface area contributed by atoms with Gasteiger partial charge in [-0.05, 0) is 6.42 Å². The summed E-state index contributed by atoms with van der Waals surface area (Å²) >= 11 is 5.38. The van der Waals surface area contributed by atoms with Crippen molar-refractivity contribution in [1.29, 1.82) is 0 Å². The number of benzene rings is 2. The highest BCUT2D eigenvalue weighted by Crippen LogP contribution is 2.08. The molecule has 106 valence electrons. The fourth-order valence-corrected chi connectivity index (χ4v) is 1.88. The molecule has 0 aliphatic heterocycles. The van der Waals surface area contributed by atoms with Gasteiger partial charge in [0.1, 0.15) is 0 Å². The van der Waals surface area contributed by atoms with Crippen molar-refractivity contribution in [3.8, 4) is 0 Å². The SMILES string of the molecule is CCCCCCl.O=C(c1ccccc1)c1ccccc1. The maximum atomic E-state index is 11.8. The lowest BCUT2D eigenvalue weighted by Crippen LogP contribution is -1.99. The lowest BCUT2D eigenvalue weighted by atomic mass is 10.0. The second-order valence-corrected chi connectivity index (χ2v) is 4.84. The van der Waals surface area contributed by atoms with E-state index in [1.54, 1.807) is 0 Å². The van der Waals surface area contributed by atoms with Gasteiger partial charge >= 0.3 is 0 Å². The summed E-state index contributed by atoms with van der Waals surface area (Å²) in [4.78, 5) is 11.8.